The van der Waals surface area contributed by atoms with E-state index in [0.717, 1.165) is 31.4 Å². The first-order valence-electron chi connectivity index (χ1n) is 8.09. The van der Waals surface area contributed by atoms with Crippen molar-refractivity contribution < 1.29 is 0 Å². The lowest BCUT2D eigenvalue weighted by Gasteiger charge is -2.34. The molecule has 1 fully saturated rings. The molecule has 0 aromatic carbocycles. The van der Waals surface area contributed by atoms with Crippen molar-refractivity contribution in [2.45, 2.75) is 25.8 Å². The number of aryl methyl sites for hydroxylation is 1. The average molecular weight is 299 g/mol. The summed E-state index contributed by atoms with van der Waals surface area (Å²) in [7, 11) is 2.05. The molecule has 2 aromatic rings. The Labute approximate surface area is 132 Å². The molecule has 118 valence electrons. The summed E-state index contributed by atoms with van der Waals surface area (Å²) >= 11 is 0. The van der Waals surface area contributed by atoms with Gasteiger partial charge in [0.2, 0.25) is 0 Å². The zero-order valence-electron chi connectivity index (χ0n) is 13.4. The van der Waals surface area contributed by atoms with Gasteiger partial charge in [-0.05, 0) is 44.4 Å². The van der Waals surface area contributed by atoms with Crippen molar-refractivity contribution in [2.24, 2.45) is 13.0 Å². The van der Waals surface area contributed by atoms with Gasteiger partial charge in [0.05, 0.1) is 6.04 Å². The number of imidazole rings is 1. The third-order valence-electron chi connectivity index (χ3n) is 4.60. The van der Waals surface area contributed by atoms with Gasteiger partial charge >= 0.3 is 0 Å². The quantitative estimate of drug-likeness (QED) is 0.921. The van der Waals surface area contributed by atoms with Crippen molar-refractivity contribution in [1.29, 1.82) is 0 Å². The molecular weight excluding hydrogens is 274 g/mol. The van der Waals surface area contributed by atoms with Gasteiger partial charge in [-0.2, -0.15) is 0 Å². The molecule has 1 atom stereocenters. The first kappa shape index (κ1) is 15.0. The van der Waals surface area contributed by atoms with Crippen LogP contribution in [0.25, 0.3) is 0 Å². The lowest BCUT2D eigenvalue weighted by atomic mass is 9.96. The van der Waals surface area contributed by atoms with Crippen LogP contribution in [-0.2, 0) is 7.05 Å². The molecule has 22 heavy (non-hydrogen) atoms. The predicted molar refractivity (Wildman–Crippen MR) is 88.8 cm³/mol. The van der Waals surface area contributed by atoms with E-state index < -0.39 is 0 Å². The molecule has 0 aliphatic carbocycles. The average Bonchev–Trinajstić information content (AvgIpc) is 3.00. The number of hydrogen-bond donors (Lipinski definition) is 1. The SMILES string of the molecule is CC(NCC1CCN(c2ccncc2)CC1)c1nccn1C. The predicted octanol–water partition coefficient (Wildman–Crippen LogP) is 2.38. The van der Waals surface area contributed by atoms with Crippen LogP contribution in [0, 0.1) is 5.92 Å². The van der Waals surface area contributed by atoms with Gasteiger partial charge in [-0.3, -0.25) is 4.98 Å². The maximum Gasteiger partial charge on any atom is 0.125 e. The first-order valence-corrected chi connectivity index (χ1v) is 8.09. The van der Waals surface area contributed by atoms with Crippen LogP contribution in [0.3, 0.4) is 0 Å². The minimum absolute atomic E-state index is 0.304. The van der Waals surface area contributed by atoms with Crippen molar-refractivity contribution in [1.82, 2.24) is 19.9 Å². The Morgan fingerprint density at radius 1 is 1.23 bits per heavy atom. The molecule has 3 heterocycles. The highest BCUT2D eigenvalue weighted by Gasteiger charge is 2.20. The molecule has 0 saturated carbocycles. The Hall–Kier alpha value is -1.88. The van der Waals surface area contributed by atoms with Crippen molar-refractivity contribution in [3.63, 3.8) is 0 Å². The number of anilines is 1. The summed E-state index contributed by atoms with van der Waals surface area (Å²) in [5, 5.41) is 3.64. The van der Waals surface area contributed by atoms with E-state index in [-0.39, 0.29) is 0 Å². The van der Waals surface area contributed by atoms with Gasteiger partial charge in [-0.15, -0.1) is 0 Å². The third-order valence-corrected chi connectivity index (χ3v) is 4.60. The highest BCUT2D eigenvalue weighted by atomic mass is 15.1. The summed E-state index contributed by atoms with van der Waals surface area (Å²) in [4.78, 5) is 11.0. The summed E-state index contributed by atoms with van der Waals surface area (Å²) in [6, 6.07) is 4.50. The lowest BCUT2D eigenvalue weighted by molar-refractivity contribution is 0.362. The van der Waals surface area contributed by atoms with Crippen LogP contribution in [0.1, 0.15) is 31.6 Å². The van der Waals surface area contributed by atoms with Crippen LogP contribution >= 0.6 is 0 Å². The van der Waals surface area contributed by atoms with Crippen LogP contribution in [0.2, 0.25) is 0 Å². The van der Waals surface area contributed by atoms with Gasteiger partial charge in [0.15, 0.2) is 0 Å². The topological polar surface area (TPSA) is 46.0 Å². The van der Waals surface area contributed by atoms with Crippen LogP contribution in [0.4, 0.5) is 5.69 Å². The lowest BCUT2D eigenvalue weighted by Crippen LogP contribution is -2.38. The molecule has 2 aromatic heterocycles. The van der Waals surface area contributed by atoms with Crippen LogP contribution in [-0.4, -0.2) is 34.2 Å². The number of rotatable bonds is 5. The van der Waals surface area contributed by atoms with Gasteiger partial charge in [0.1, 0.15) is 5.82 Å². The molecule has 3 rings (SSSR count). The molecule has 5 heteroatoms. The van der Waals surface area contributed by atoms with Gasteiger partial charge in [-0.1, -0.05) is 0 Å². The number of hydrogen-bond acceptors (Lipinski definition) is 4. The largest absolute Gasteiger partial charge is 0.371 e. The fourth-order valence-electron chi connectivity index (χ4n) is 3.18. The summed E-state index contributed by atoms with van der Waals surface area (Å²) in [5.41, 5.74) is 1.29. The van der Waals surface area contributed by atoms with E-state index in [1.54, 1.807) is 0 Å². The minimum atomic E-state index is 0.304. The van der Waals surface area contributed by atoms with Crippen molar-refractivity contribution in [3.05, 3.63) is 42.7 Å². The maximum atomic E-state index is 4.42. The Morgan fingerprint density at radius 3 is 2.59 bits per heavy atom. The fraction of sp³-hybridized carbons (Fsp3) is 0.529. The molecule has 0 bridgehead atoms. The number of pyridine rings is 1. The Kier molecular flexibility index (Phi) is 4.73. The summed E-state index contributed by atoms with van der Waals surface area (Å²) in [5.74, 6) is 1.86. The van der Waals surface area contributed by atoms with E-state index >= 15 is 0 Å². The molecule has 1 unspecified atom stereocenters. The molecule has 0 spiro atoms. The standard InChI is InChI=1S/C17H25N5/c1-14(17-19-9-12-21(17)2)20-13-15-5-10-22(11-6-15)16-3-7-18-8-4-16/h3-4,7-9,12,14-15,20H,5-6,10-11,13H2,1-2H3. The summed E-state index contributed by atoms with van der Waals surface area (Å²) in [6.45, 7) is 5.52. The fourth-order valence-corrected chi connectivity index (χ4v) is 3.18. The van der Waals surface area contributed by atoms with Gasteiger partial charge in [0.25, 0.3) is 0 Å². The zero-order valence-corrected chi connectivity index (χ0v) is 13.4. The molecule has 1 N–H and O–H groups in total. The van der Waals surface area contributed by atoms with Crippen molar-refractivity contribution >= 4 is 5.69 Å². The number of nitrogens with one attached hydrogen (secondary N) is 1. The molecule has 0 amide bonds. The highest BCUT2D eigenvalue weighted by molar-refractivity contribution is 5.44. The number of nitrogens with zero attached hydrogens (tertiary/aromatic N) is 4. The monoisotopic (exact) mass is 299 g/mol. The normalized spacial score (nSPS) is 17.6. The highest BCUT2D eigenvalue weighted by Crippen LogP contribution is 2.22. The Bertz CT molecular complexity index is 572. The number of piperidine rings is 1. The number of aromatic nitrogens is 3. The van der Waals surface area contributed by atoms with E-state index in [2.05, 4.69) is 43.8 Å². The molecule has 5 nitrogen and oxygen atoms in total. The van der Waals surface area contributed by atoms with Gasteiger partial charge < -0.3 is 14.8 Å². The third kappa shape index (κ3) is 3.47. The Morgan fingerprint density at radius 2 is 1.95 bits per heavy atom. The second-order valence-corrected chi connectivity index (χ2v) is 6.16. The molecule has 1 aliphatic rings. The van der Waals surface area contributed by atoms with Gasteiger partial charge in [0, 0.05) is 50.6 Å². The van der Waals surface area contributed by atoms with E-state index in [4.69, 9.17) is 0 Å². The van der Waals surface area contributed by atoms with E-state index in [9.17, 15) is 0 Å². The van der Waals surface area contributed by atoms with Crippen LogP contribution in [0.15, 0.2) is 36.9 Å². The molecular formula is C17H25N5. The first-order chi connectivity index (χ1) is 10.7. The van der Waals surface area contributed by atoms with E-state index in [1.165, 1.54) is 18.5 Å². The van der Waals surface area contributed by atoms with Crippen molar-refractivity contribution in [3.8, 4) is 0 Å². The molecule has 0 radical (unpaired) electrons. The second kappa shape index (κ2) is 6.92. The smallest absolute Gasteiger partial charge is 0.125 e. The second-order valence-electron chi connectivity index (χ2n) is 6.16. The minimum Gasteiger partial charge on any atom is -0.371 e. The summed E-state index contributed by atoms with van der Waals surface area (Å²) in [6.07, 6.45) is 10.1. The van der Waals surface area contributed by atoms with Crippen LogP contribution < -0.4 is 10.2 Å². The van der Waals surface area contributed by atoms with E-state index in [0.29, 0.717) is 6.04 Å². The zero-order chi connectivity index (χ0) is 15.4. The van der Waals surface area contributed by atoms with Crippen molar-refractivity contribution in [2.75, 3.05) is 24.5 Å². The molecule has 1 aliphatic heterocycles. The Balaban J connectivity index is 1.45. The van der Waals surface area contributed by atoms with Gasteiger partial charge in [-0.25, -0.2) is 4.98 Å². The van der Waals surface area contributed by atoms with Crippen LogP contribution in [0.5, 0.6) is 0 Å². The summed E-state index contributed by atoms with van der Waals surface area (Å²) < 4.78 is 2.09. The molecule has 1 saturated heterocycles. The maximum absolute atomic E-state index is 4.42. The van der Waals surface area contributed by atoms with E-state index in [1.807, 2.05) is 31.8 Å².